The Balaban J connectivity index is 3.70. The summed E-state index contributed by atoms with van der Waals surface area (Å²) in [6, 6.07) is 0. The zero-order valence-electron chi connectivity index (χ0n) is 56.8. The highest BCUT2D eigenvalue weighted by Crippen LogP contribution is 2.13. The molecule has 0 aliphatic heterocycles. The molecule has 0 aromatic carbocycles. The molecule has 0 aromatic rings. The van der Waals surface area contributed by atoms with Crippen LogP contribution in [0.25, 0.3) is 0 Å². The van der Waals surface area contributed by atoms with Crippen LogP contribution in [0.1, 0.15) is 245 Å². The van der Waals surface area contributed by atoms with Gasteiger partial charge in [-0.2, -0.15) is 0 Å². The van der Waals surface area contributed by atoms with E-state index in [0.29, 0.717) is 12.8 Å². The number of hydrogen-bond acceptors (Lipinski definition) is 5. The SMILES string of the molecule is CC/C=C\C/C=C\C/C=C\C/C=C\C/C=C\C/C=C\C/C=C\C/C=C\C/C=C\C/C=C\C/C=C\CCCCCC(=O)OC(CO)COC(=O)CCCCCCCCCC/C=C\C/C=C\C/C=C\C/C=C\C/C=C\C/C=C\C/C=C\C/C=C\C/C=C\C/C=C\CC. The molecule has 90 heavy (non-hydrogen) atoms. The van der Waals surface area contributed by atoms with Gasteiger partial charge in [0.05, 0.1) is 6.61 Å². The summed E-state index contributed by atoms with van der Waals surface area (Å²) in [6.07, 6.45) is 128. The Labute approximate surface area is 552 Å². The highest BCUT2D eigenvalue weighted by atomic mass is 16.6. The number of aliphatic hydroxyl groups is 1. The summed E-state index contributed by atoms with van der Waals surface area (Å²) < 4.78 is 10.7. The Bertz CT molecular complexity index is 2280. The lowest BCUT2D eigenvalue weighted by Gasteiger charge is -2.15. The van der Waals surface area contributed by atoms with E-state index in [1.165, 1.54) is 32.1 Å². The third kappa shape index (κ3) is 73.9. The highest BCUT2D eigenvalue weighted by molar-refractivity contribution is 5.70. The van der Waals surface area contributed by atoms with Gasteiger partial charge < -0.3 is 14.6 Å². The lowest BCUT2D eigenvalue weighted by Crippen LogP contribution is -2.28. The van der Waals surface area contributed by atoms with Gasteiger partial charge in [0.25, 0.3) is 0 Å². The lowest BCUT2D eigenvalue weighted by molar-refractivity contribution is -0.161. The van der Waals surface area contributed by atoms with E-state index >= 15 is 0 Å². The summed E-state index contributed by atoms with van der Waals surface area (Å²) in [4.78, 5) is 24.6. The fraction of sp³-hybridized carbons (Fsp3) is 0.482. The molecular weight excluding hydrogens is 1100 g/mol. The number of rotatable bonds is 61. The second-order valence-electron chi connectivity index (χ2n) is 22.1. The molecule has 1 atom stereocenters. The van der Waals surface area contributed by atoms with Crippen molar-refractivity contribution >= 4 is 11.9 Å². The van der Waals surface area contributed by atoms with Crippen LogP contribution in [0.15, 0.2) is 255 Å². The molecule has 1 unspecified atom stereocenters. The zero-order valence-corrected chi connectivity index (χ0v) is 56.8. The van der Waals surface area contributed by atoms with Crippen molar-refractivity contribution in [1.29, 1.82) is 0 Å². The Morgan fingerprint density at radius 1 is 0.256 bits per heavy atom. The van der Waals surface area contributed by atoms with Crippen molar-refractivity contribution < 1.29 is 24.2 Å². The molecule has 0 radical (unpaired) electrons. The molecule has 0 amide bonds. The maximum absolute atomic E-state index is 12.4. The molecule has 0 fully saturated rings. The fourth-order valence-electron chi connectivity index (χ4n) is 8.65. The molecule has 1 N–H and O–H groups in total. The van der Waals surface area contributed by atoms with E-state index in [0.717, 1.165) is 186 Å². The standard InChI is InChI=1S/C85H126O5/c1-3-5-7-9-11-13-15-17-19-21-23-25-27-29-31-33-35-37-39-41-42-44-45-47-49-51-53-55-57-59-61-63-65-67-69-71-73-75-77-79-84(87)89-82-83(81-86)90-85(88)80-78-76-74-72-70-68-66-64-62-60-58-56-54-52-50-48-46-43-40-38-36-34-32-30-28-26-24-22-20-18-16-14-12-10-8-6-4-2/h5-8,11-14,17-20,23-26,29-32,35-38,41-43,45-47,50-53,56-59,62,64,68,70,83,86H,3-4,9-10,15-16,21-22,27-28,33-34,39-40,44,48-49,54-55,60-61,63,65-67,69,71-82H2,1-2H3/b7-5-,8-6-,13-11-,14-12-,19-17-,20-18-,25-23-,26-24-,31-29-,32-30-,37-35-,38-36-,42-41-,46-43-,47-45-,52-50-,53-51-,58-56-,59-57-,64-62-,70-68-. The molecule has 0 aromatic heterocycles. The van der Waals surface area contributed by atoms with Gasteiger partial charge in [-0.05, 0) is 173 Å². The lowest BCUT2D eigenvalue weighted by atomic mass is 10.1. The summed E-state index contributed by atoms with van der Waals surface area (Å²) in [5.74, 6) is -0.659. The van der Waals surface area contributed by atoms with Crippen LogP contribution in [-0.2, 0) is 19.1 Å². The Morgan fingerprint density at radius 3 is 0.678 bits per heavy atom. The van der Waals surface area contributed by atoms with Crippen molar-refractivity contribution in [1.82, 2.24) is 0 Å². The van der Waals surface area contributed by atoms with Gasteiger partial charge in [-0.1, -0.05) is 314 Å². The van der Waals surface area contributed by atoms with Crippen molar-refractivity contribution in [2.75, 3.05) is 13.2 Å². The first kappa shape index (κ1) is 83.4. The fourth-order valence-corrected chi connectivity index (χ4v) is 8.65. The Kier molecular flexibility index (Phi) is 71.1. The Morgan fingerprint density at radius 2 is 0.444 bits per heavy atom. The van der Waals surface area contributed by atoms with E-state index in [1.807, 2.05) is 0 Å². The normalized spacial score (nSPS) is 13.9. The summed E-state index contributed by atoms with van der Waals surface area (Å²) in [5, 5.41) is 9.70. The summed E-state index contributed by atoms with van der Waals surface area (Å²) in [5.41, 5.74) is 0. The molecule has 496 valence electrons. The van der Waals surface area contributed by atoms with E-state index in [4.69, 9.17) is 9.47 Å². The monoisotopic (exact) mass is 1230 g/mol. The van der Waals surface area contributed by atoms with Gasteiger partial charge in [-0.3, -0.25) is 9.59 Å². The maximum Gasteiger partial charge on any atom is 0.306 e. The summed E-state index contributed by atoms with van der Waals surface area (Å²) >= 11 is 0. The third-order valence-electron chi connectivity index (χ3n) is 13.8. The minimum Gasteiger partial charge on any atom is -0.462 e. The number of carbonyl (C=O) groups excluding carboxylic acids is 2. The van der Waals surface area contributed by atoms with Crippen LogP contribution in [0.3, 0.4) is 0 Å². The molecular formula is C85H126O5. The van der Waals surface area contributed by atoms with Crippen LogP contribution in [0.5, 0.6) is 0 Å². The molecule has 0 saturated carbocycles. The minimum absolute atomic E-state index is 0.102. The average Bonchev–Trinajstić information content (AvgIpc) is 3.62. The third-order valence-corrected chi connectivity index (χ3v) is 13.8. The molecule has 0 bridgehead atoms. The van der Waals surface area contributed by atoms with Gasteiger partial charge in [0.1, 0.15) is 6.61 Å². The van der Waals surface area contributed by atoms with Gasteiger partial charge >= 0.3 is 11.9 Å². The van der Waals surface area contributed by atoms with Crippen LogP contribution < -0.4 is 0 Å². The number of carbonyl (C=O) groups is 2. The van der Waals surface area contributed by atoms with Crippen molar-refractivity contribution in [2.24, 2.45) is 0 Å². The van der Waals surface area contributed by atoms with E-state index < -0.39 is 6.10 Å². The number of unbranched alkanes of at least 4 members (excludes halogenated alkanes) is 11. The maximum atomic E-state index is 12.4. The summed E-state index contributed by atoms with van der Waals surface area (Å²) in [6.45, 7) is 3.86. The zero-order chi connectivity index (χ0) is 64.7. The largest absolute Gasteiger partial charge is 0.462 e. The van der Waals surface area contributed by atoms with Crippen LogP contribution in [0.4, 0.5) is 0 Å². The molecule has 5 nitrogen and oxygen atoms in total. The first-order valence-electron chi connectivity index (χ1n) is 35.2. The second-order valence-corrected chi connectivity index (χ2v) is 22.1. The van der Waals surface area contributed by atoms with Gasteiger partial charge in [-0.15, -0.1) is 0 Å². The molecule has 0 aliphatic rings. The van der Waals surface area contributed by atoms with Crippen LogP contribution in [0.2, 0.25) is 0 Å². The number of hydrogen-bond donors (Lipinski definition) is 1. The molecule has 0 spiro atoms. The van der Waals surface area contributed by atoms with Crippen molar-refractivity contribution in [2.45, 2.75) is 251 Å². The Hall–Kier alpha value is -6.56. The van der Waals surface area contributed by atoms with Crippen molar-refractivity contribution in [3.05, 3.63) is 255 Å². The molecule has 5 heteroatoms. The van der Waals surface area contributed by atoms with Crippen LogP contribution >= 0.6 is 0 Å². The average molecular weight is 1230 g/mol. The number of allylic oxidation sites excluding steroid dienone is 42. The van der Waals surface area contributed by atoms with Crippen LogP contribution in [-0.4, -0.2) is 36.4 Å². The van der Waals surface area contributed by atoms with Crippen LogP contribution in [0, 0.1) is 0 Å². The smallest absolute Gasteiger partial charge is 0.306 e. The minimum atomic E-state index is -0.816. The topological polar surface area (TPSA) is 72.8 Å². The van der Waals surface area contributed by atoms with E-state index in [9.17, 15) is 14.7 Å². The predicted molar refractivity (Wildman–Crippen MR) is 397 cm³/mol. The van der Waals surface area contributed by atoms with Gasteiger partial charge in [0, 0.05) is 12.8 Å². The first-order chi connectivity index (χ1) is 44.6. The van der Waals surface area contributed by atoms with E-state index in [1.54, 1.807) is 0 Å². The number of esters is 2. The molecule has 0 rings (SSSR count). The van der Waals surface area contributed by atoms with E-state index in [-0.39, 0.29) is 25.2 Å². The molecule has 0 saturated heterocycles. The molecule has 0 aliphatic carbocycles. The second kappa shape index (κ2) is 76.7. The first-order valence-corrected chi connectivity index (χ1v) is 35.2. The van der Waals surface area contributed by atoms with Gasteiger partial charge in [-0.25, -0.2) is 0 Å². The quantitative estimate of drug-likeness (QED) is 0.0373. The van der Waals surface area contributed by atoms with Crippen molar-refractivity contribution in [3.63, 3.8) is 0 Å². The number of ether oxygens (including phenoxy) is 2. The van der Waals surface area contributed by atoms with Gasteiger partial charge in [0.2, 0.25) is 0 Å². The molecule has 0 heterocycles. The number of aliphatic hydroxyl groups excluding tert-OH is 1. The van der Waals surface area contributed by atoms with E-state index in [2.05, 4.69) is 269 Å². The van der Waals surface area contributed by atoms with Crippen molar-refractivity contribution in [3.8, 4) is 0 Å². The summed E-state index contributed by atoms with van der Waals surface area (Å²) in [7, 11) is 0. The predicted octanol–water partition coefficient (Wildman–Crippen LogP) is 25.2. The van der Waals surface area contributed by atoms with Gasteiger partial charge in [0.15, 0.2) is 6.10 Å². The highest BCUT2D eigenvalue weighted by Gasteiger charge is 2.16.